The van der Waals surface area contributed by atoms with Crippen LogP contribution in [-0.4, -0.2) is 0 Å². The quantitative estimate of drug-likeness (QED) is 0.738. The Labute approximate surface area is 110 Å². The minimum absolute atomic E-state index is 0.451. The molecule has 18 heavy (non-hydrogen) atoms. The van der Waals surface area contributed by atoms with Crippen LogP contribution in [-0.2, 0) is 5.41 Å². The smallest absolute Gasteiger partial charge is 0.0354 e. The van der Waals surface area contributed by atoms with Crippen LogP contribution in [0.2, 0.25) is 0 Å². The largest absolute Gasteiger partial charge is 0.398 e. The van der Waals surface area contributed by atoms with Gasteiger partial charge in [-0.2, -0.15) is 0 Å². The van der Waals surface area contributed by atoms with Crippen molar-refractivity contribution in [1.82, 2.24) is 0 Å². The molecule has 0 atom stereocenters. The van der Waals surface area contributed by atoms with Gasteiger partial charge < -0.3 is 5.73 Å². The van der Waals surface area contributed by atoms with Gasteiger partial charge in [0.2, 0.25) is 0 Å². The average molecular weight is 241 g/mol. The summed E-state index contributed by atoms with van der Waals surface area (Å²) in [7, 11) is 0. The normalized spacial score (nSPS) is 41.3. The standard InChI is InChI=1S/C17H23N/c1-11-2-3-15(16(18)4-11)17-8-12-5-13(9-17)7-14(6-12)10-17/h2-4,12-14H,5-10,18H2,1H3. The van der Waals surface area contributed by atoms with Crippen LogP contribution >= 0.6 is 0 Å². The fourth-order valence-electron chi connectivity index (χ4n) is 5.61. The molecular weight excluding hydrogens is 218 g/mol. The van der Waals surface area contributed by atoms with Crippen molar-refractivity contribution >= 4 is 5.69 Å². The third-order valence-corrected chi connectivity index (χ3v) is 5.82. The van der Waals surface area contributed by atoms with Crippen LogP contribution in [0.15, 0.2) is 18.2 Å². The molecule has 5 rings (SSSR count). The zero-order valence-corrected chi connectivity index (χ0v) is 11.3. The number of anilines is 1. The molecule has 0 spiro atoms. The molecule has 0 heterocycles. The summed E-state index contributed by atoms with van der Waals surface area (Å²) in [6.07, 6.45) is 8.74. The summed E-state index contributed by atoms with van der Waals surface area (Å²) in [4.78, 5) is 0. The Balaban J connectivity index is 1.79. The molecule has 1 aromatic rings. The van der Waals surface area contributed by atoms with Gasteiger partial charge >= 0.3 is 0 Å². The molecule has 4 fully saturated rings. The van der Waals surface area contributed by atoms with Gasteiger partial charge in [0.1, 0.15) is 0 Å². The van der Waals surface area contributed by atoms with E-state index in [9.17, 15) is 0 Å². The Kier molecular flexibility index (Phi) is 2.13. The molecule has 4 aliphatic carbocycles. The summed E-state index contributed by atoms with van der Waals surface area (Å²) in [5.41, 5.74) is 10.6. The average Bonchev–Trinajstić information content (AvgIpc) is 2.26. The van der Waals surface area contributed by atoms with Crippen LogP contribution in [0.5, 0.6) is 0 Å². The molecule has 2 N–H and O–H groups in total. The van der Waals surface area contributed by atoms with Crippen molar-refractivity contribution in [1.29, 1.82) is 0 Å². The van der Waals surface area contributed by atoms with Crippen molar-refractivity contribution in [2.75, 3.05) is 5.73 Å². The summed E-state index contributed by atoms with van der Waals surface area (Å²) >= 11 is 0. The zero-order chi connectivity index (χ0) is 12.3. The van der Waals surface area contributed by atoms with E-state index in [1.54, 1.807) is 0 Å². The van der Waals surface area contributed by atoms with Crippen LogP contribution in [0.25, 0.3) is 0 Å². The first-order chi connectivity index (χ1) is 8.64. The third-order valence-electron chi connectivity index (χ3n) is 5.82. The van der Waals surface area contributed by atoms with E-state index in [0.717, 1.165) is 23.4 Å². The zero-order valence-electron chi connectivity index (χ0n) is 11.3. The van der Waals surface area contributed by atoms with Gasteiger partial charge in [-0.1, -0.05) is 12.1 Å². The minimum atomic E-state index is 0.451. The van der Waals surface area contributed by atoms with Gasteiger partial charge in [-0.3, -0.25) is 0 Å². The number of nitrogens with two attached hydrogens (primary N) is 1. The Bertz CT molecular complexity index is 453. The summed E-state index contributed by atoms with van der Waals surface area (Å²) < 4.78 is 0. The van der Waals surface area contributed by atoms with E-state index in [4.69, 9.17) is 5.73 Å². The molecule has 4 aliphatic rings. The van der Waals surface area contributed by atoms with E-state index in [1.165, 1.54) is 49.7 Å². The van der Waals surface area contributed by atoms with E-state index < -0.39 is 0 Å². The molecule has 0 saturated heterocycles. The van der Waals surface area contributed by atoms with Gasteiger partial charge in [0.05, 0.1) is 0 Å². The van der Waals surface area contributed by atoms with E-state index in [-0.39, 0.29) is 0 Å². The lowest BCUT2D eigenvalue weighted by Gasteiger charge is -2.57. The second-order valence-electron chi connectivity index (χ2n) is 7.29. The number of benzene rings is 1. The van der Waals surface area contributed by atoms with Crippen LogP contribution in [0.3, 0.4) is 0 Å². The highest BCUT2D eigenvalue weighted by Gasteiger charge is 2.52. The van der Waals surface area contributed by atoms with Gasteiger partial charge in [0.15, 0.2) is 0 Å². The molecule has 0 aliphatic heterocycles. The topological polar surface area (TPSA) is 26.0 Å². The van der Waals surface area contributed by atoms with Crippen molar-refractivity contribution in [2.24, 2.45) is 17.8 Å². The maximum Gasteiger partial charge on any atom is 0.0354 e. The number of hydrogen-bond acceptors (Lipinski definition) is 1. The second kappa shape index (κ2) is 3.53. The molecule has 4 saturated carbocycles. The lowest BCUT2D eigenvalue weighted by atomic mass is 9.48. The first-order valence-electron chi connectivity index (χ1n) is 7.51. The Morgan fingerprint density at radius 1 is 1.00 bits per heavy atom. The SMILES string of the molecule is Cc1ccc(C23CC4CC(CC(C4)C2)C3)c(N)c1. The highest BCUT2D eigenvalue weighted by Crippen LogP contribution is 2.61. The number of rotatable bonds is 1. The summed E-state index contributed by atoms with van der Waals surface area (Å²) in [5.74, 6) is 2.99. The highest BCUT2D eigenvalue weighted by molar-refractivity contribution is 5.53. The maximum absolute atomic E-state index is 6.34. The first kappa shape index (κ1) is 10.9. The Hall–Kier alpha value is -0.980. The molecule has 0 radical (unpaired) electrons. The molecular formula is C17H23N. The molecule has 1 aromatic carbocycles. The maximum atomic E-state index is 6.34. The Morgan fingerprint density at radius 3 is 2.06 bits per heavy atom. The minimum Gasteiger partial charge on any atom is -0.398 e. The van der Waals surface area contributed by atoms with E-state index >= 15 is 0 Å². The predicted molar refractivity (Wildman–Crippen MR) is 75.4 cm³/mol. The van der Waals surface area contributed by atoms with Crippen molar-refractivity contribution in [2.45, 2.75) is 50.9 Å². The fraction of sp³-hybridized carbons (Fsp3) is 0.647. The van der Waals surface area contributed by atoms with Crippen LogP contribution < -0.4 is 5.73 Å². The number of aryl methyl sites for hydroxylation is 1. The number of hydrogen-bond donors (Lipinski definition) is 1. The third kappa shape index (κ3) is 1.46. The highest BCUT2D eigenvalue weighted by atomic mass is 14.6. The summed E-state index contributed by atoms with van der Waals surface area (Å²) in [6.45, 7) is 2.14. The molecule has 1 heteroatoms. The van der Waals surface area contributed by atoms with Crippen molar-refractivity contribution in [3.8, 4) is 0 Å². The molecule has 4 bridgehead atoms. The van der Waals surface area contributed by atoms with Gasteiger partial charge in [-0.05, 0) is 85.8 Å². The first-order valence-corrected chi connectivity index (χ1v) is 7.51. The molecule has 1 nitrogen and oxygen atoms in total. The van der Waals surface area contributed by atoms with Gasteiger partial charge in [0.25, 0.3) is 0 Å². The van der Waals surface area contributed by atoms with Crippen molar-refractivity contribution in [3.05, 3.63) is 29.3 Å². The second-order valence-corrected chi connectivity index (χ2v) is 7.29. The van der Waals surface area contributed by atoms with Crippen LogP contribution in [0, 0.1) is 24.7 Å². The van der Waals surface area contributed by atoms with Crippen LogP contribution in [0.4, 0.5) is 5.69 Å². The van der Waals surface area contributed by atoms with Gasteiger partial charge in [-0.15, -0.1) is 0 Å². The fourth-order valence-corrected chi connectivity index (χ4v) is 5.61. The van der Waals surface area contributed by atoms with Crippen molar-refractivity contribution < 1.29 is 0 Å². The predicted octanol–water partition coefficient (Wildman–Crippen LogP) is 4.05. The monoisotopic (exact) mass is 241 g/mol. The van der Waals surface area contributed by atoms with E-state index in [0.29, 0.717) is 5.41 Å². The molecule has 0 amide bonds. The van der Waals surface area contributed by atoms with Crippen LogP contribution in [0.1, 0.15) is 49.7 Å². The Morgan fingerprint density at radius 2 is 1.56 bits per heavy atom. The van der Waals surface area contributed by atoms with Gasteiger partial charge in [-0.25, -0.2) is 0 Å². The number of nitrogen functional groups attached to an aromatic ring is 1. The summed E-state index contributed by atoms with van der Waals surface area (Å²) in [5, 5.41) is 0. The summed E-state index contributed by atoms with van der Waals surface area (Å²) in [6, 6.07) is 6.76. The lowest BCUT2D eigenvalue weighted by molar-refractivity contribution is -0.00483. The van der Waals surface area contributed by atoms with Crippen molar-refractivity contribution in [3.63, 3.8) is 0 Å². The molecule has 0 unspecified atom stereocenters. The van der Waals surface area contributed by atoms with E-state index in [2.05, 4.69) is 25.1 Å². The molecule has 96 valence electrons. The van der Waals surface area contributed by atoms with E-state index in [1.807, 2.05) is 0 Å². The lowest BCUT2D eigenvalue weighted by Crippen LogP contribution is -2.48. The van der Waals surface area contributed by atoms with Gasteiger partial charge in [0, 0.05) is 5.69 Å². The molecule has 0 aromatic heterocycles.